The van der Waals surface area contributed by atoms with Crippen LogP contribution in [0.4, 0.5) is 10.1 Å². The SMILES string of the molecule is CCN(c1ccc(-c2ccc(Cl)cc2)c(COc2ccc(-c3nc4cc(C(=O)O)ccc4n3C3CCCCC3)c(F)c2)c1)S(=O)(=O)CC.Cl. The first-order valence-electron chi connectivity index (χ1n) is 16.2. The minimum atomic E-state index is -3.51. The van der Waals surface area contributed by atoms with Crippen molar-refractivity contribution in [3.8, 4) is 28.3 Å². The number of anilines is 1. The van der Waals surface area contributed by atoms with Gasteiger partial charge in [-0.05, 0) is 98.0 Å². The fourth-order valence-electron chi connectivity index (χ4n) is 6.52. The third-order valence-electron chi connectivity index (χ3n) is 8.97. The van der Waals surface area contributed by atoms with Gasteiger partial charge in [-0.3, -0.25) is 4.31 Å². The molecule has 1 saturated carbocycles. The van der Waals surface area contributed by atoms with Crippen LogP contribution in [-0.2, 0) is 16.6 Å². The second kappa shape index (κ2) is 15.2. The molecule has 1 N–H and O–H groups in total. The number of carboxylic acid groups (broad SMARTS) is 1. The molecular weight excluding hydrogens is 688 g/mol. The van der Waals surface area contributed by atoms with Gasteiger partial charge in [-0.2, -0.15) is 0 Å². The van der Waals surface area contributed by atoms with Gasteiger partial charge in [0.2, 0.25) is 10.0 Å². The number of aromatic nitrogens is 2. The smallest absolute Gasteiger partial charge is 0.335 e. The molecule has 12 heteroatoms. The van der Waals surface area contributed by atoms with Crippen molar-refractivity contribution in [1.29, 1.82) is 0 Å². The zero-order valence-electron chi connectivity index (χ0n) is 27.2. The van der Waals surface area contributed by atoms with Crippen LogP contribution in [0.1, 0.15) is 67.9 Å². The minimum absolute atomic E-state index is 0. The minimum Gasteiger partial charge on any atom is -0.489 e. The highest BCUT2D eigenvalue weighted by atomic mass is 35.5. The largest absolute Gasteiger partial charge is 0.489 e. The number of rotatable bonds is 11. The molecule has 1 aromatic heterocycles. The van der Waals surface area contributed by atoms with E-state index in [9.17, 15) is 18.3 Å². The quantitative estimate of drug-likeness (QED) is 0.146. The molecule has 0 amide bonds. The predicted octanol–water partition coefficient (Wildman–Crippen LogP) is 9.54. The number of imidazole rings is 1. The van der Waals surface area contributed by atoms with Gasteiger partial charge in [-0.25, -0.2) is 22.6 Å². The van der Waals surface area contributed by atoms with Crippen LogP contribution in [0.3, 0.4) is 0 Å². The second-order valence-electron chi connectivity index (χ2n) is 11.9. The number of halogens is 3. The van der Waals surface area contributed by atoms with Crippen molar-refractivity contribution < 1.29 is 27.4 Å². The van der Waals surface area contributed by atoms with Gasteiger partial charge in [-0.1, -0.05) is 49.1 Å². The Labute approximate surface area is 297 Å². The van der Waals surface area contributed by atoms with Crippen molar-refractivity contribution in [2.24, 2.45) is 0 Å². The fraction of sp³-hybridized carbons (Fsp3) is 0.297. The monoisotopic (exact) mass is 725 g/mol. The first kappa shape index (κ1) is 36.2. The highest BCUT2D eigenvalue weighted by Crippen LogP contribution is 2.38. The number of fused-ring (bicyclic) bond motifs is 1. The van der Waals surface area contributed by atoms with E-state index in [1.165, 1.54) is 16.4 Å². The molecule has 5 aromatic rings. The average Bonchev–Trinajstić information content (AvgIpc) is 3.47. The number of carbonyl (C=O) groups is 1. The molecule has 6 rings (SSSR count). The third kappa shape index (κ3) is 7.56. The van der Waals surface area contributed by atoms with E-state index in [-0.39, 0.29) is 42.9 Å². The summed E-state index contributed by atoms with van der Waals surface area (Å²) in [5, 5.41) is 10.1. The predicted molar refractivity (Wildman–Crippen MR) is 195 cm³/mol. The lowest BCUT2D eigenvalue weighted by Crippen LogP contribution is -2.32. The van der Waals surface area contributed by atoms with E-state index >= 15 is 4.39 Å². The van der Waals surface area contributed by atoms with E-state index < -0.39 is 21.8 Å². The molecule has 1 aliphatic carbocycles. The van der Waals surface area contributed by atoms with Gasteiger partial charge in [0.15, 0.2) is 0 Å². The van der Waals surface area contributed by atoms with Crippen molar-refractivity contribution >= 4 is 56.7 Å². The second-order valence-corrected chi connectivity index (χ2v) is 14.6. The van der Waals surface area contributed by atoms with E-state index in [0.29, 0.717) is 33.4 Å². The van der Waals surface area contributed by atoms with Gasteiger partial charge < -0.3 is 14.4 Å². The lowest BCUT2D eigenvalue weighted by atomic mass is 9.94. The van der Waals surface area contributed by atoms with Crippen LogP contribution >= 0.6 is 24.0 Å². The van der Waals surface area contributed by atoms with Crippen LogP contribution in [0.5, 0.6) is 5.75 Å². The molecule has 1 aliphatic rings. The van der Waals surface area contributed by atoms with E-state index in [0.717, 1.165) is 54.3 Å². The highest BCUT2D eigenvalue weighted by molar-refractivity contribution is 7.92. The van der Waals surface area contributed by atoms with Crippen LogP contribution in [-0.4, -0.2) is 41.3 Å². The van der Waals surface area contributed by atoms with Crippen LogP contribution < -0.4 is 9.04 Å². The molecule has 49 heavy (non-hydrogen) atoms. The summed E-state index contributed by atoms with van der Waals surface area (Å²) >= 11 is 6.14. The van der Waals surface area contributed by atoms with E-state index in [1.54, 1.807) is 62.4 Å². The molecule has 1 fully saturated rings. The zero-order valence-corrected chi connectivity index (χ0v) is 29.6. The van der Waals surface area contributed by atoms with Gasteiger partial charge in [0.25, 0.3) is 0 Å². The summed E-state index contributed by atoms with van der Waals surface area (Å²) in [6, 6.07) is 22.4. The Balaban J connectivity index is 0.00000468. The highest BCUT2D eigenvalue weighted by Gasteiger charge is 2.25. The van der Waals surface area contributed by atoms with Crippen LogP contribution in [0, 0.1) is 5.82 Å². The topological polar surface area (TPSA) is 102 Å². The Morgan fingerprint density at radius 1 is 0.980 bits per heavy atom. The number of hydrogen-bond acceptors (Lipinski definition) is 5. The first-order chi connectivity index (χ1) is 23.1. The molecule has 0 atom stereocenters. The van der Waals surface area contributed by atoms with E-state index in [1.807, 2.05) is 18.2 Å². The molecule has 0 bridgehead atoms. The molecular formula is C37H38Cl2FN3O5S. The number of benzene rings is 4. The van der Waals surface area contributed by atoms with Gasteiger partial charge >= 0.3 is 5.97 Å². The summed E-state index contributed by atoms with van der Waals surface area (Å²) in [5.74, 6) is -0.843. The molecule has 258 valence electrons. The molecule has 0 radical (unpaired) electrons. The summed E-state index contributed by atoms with van der Waals surface area (Å²) in [4.78, 5) is 16.4. The van der Waals surface area contributed by atoms with Crippen molar-refractivity contribution in [2.45, 2.75) is 58.6 Å². The van der Waals surface area contributed by atoms with Crippen LogP contribution in [0.15, 0.2) is 78.9 Å². The number of aromatic carboxylic acids is 1. The summed E-state index contributed by atoms with van der Waals surface area (Å²) in [7, 11) is -3.51. The number of sulfonamides is 1. The van der Waals surface area contributed by atoms with Gasteiger partial charge in [0, 0.05) is 23.7 Å². The summed E-state index contributed by atoms with van der Waals surface area (Å²) < 4.78 is 51.3. The lowest BCUT2D eigenvalue weighted by Gasteiger charge is -2.26. The summed E-state index contributed by atoms with van der Waals surface area (Å²) in [5.41, 5.74) is 4.66. The standard InChI is InChI=1S/C37H37ClFN3O5S.ClH/c1-3-41(48(45,46)4-2)29-15-17-31(24-10-13-27(38)14-11-24)26(20-29)23-47-30-16-18-32(33(39)22-30)36-40-34-21-25(37(43)44)12-19-35(34)42(36)28-8-6-5-7-9-28;/h10-22,28H,3-9,23H2,1-2H3,(H,43,44);1H. The maximum Gasteiger partial charge on any atom is 0.335 e. The Morgan fingerprint density at radius 3 is 2.35 bits per heavy atom. The molecule has 1 heterocycles. The number of hydrogen-bond donors (Lipinski definition) is 1. The van der Waals surface area contributed by atoms with Crippen molar-refractivity contribution in [2.75, 3.05) is 16.6 Å². The third-order valence-corrected chi connectivity index (χ3v) is 11.1. The van der Waals surface area contributed by atoms with Gasteiger partial charge in [-0.15, -0.1) is 12.4 Å². The number of carboxylic acids is 1. The summed E-state index contributed by atoms with van der Waals surface area (Å²) in [6.45, 7) is 3.72. The number of ether oxygens (including phenoxy) is 1. The lowest BCUT2D eigenvalue weighted by molar-refractivity contribution is 0.0697. The van der Waals surface area contributed by atoms with Crippen molar-refractivity contribution in [3.05, 3.63) is 101 Å². The van der Waals surface area contributed by atoms with Crippen molar-refractivity contribution in [1.82, 2.24) is 9.55 Å². The Hall–Kier alpha value is -4.12. The van der Waals surface area contributed by atoms with Crippen LogP contribution in [0.25, 0.3) is 33.5 Å². The molecule has 4 aromatic carbocycles. The average molecular weight is 727 g/mol. The van der Waals surface area contributed by atoms with E-state index in [2.05, 4.69) is 4.57 Å². The first-order valence-corrected chi connectivity index (χ1v) is 18.2. The molecule has 8 nitrogen and oxygen atoms in total. The molecule has 0 spiro atoms. The van der Waals surface area contributed by atoms with Crippen LogP contribution in [0.2, 0.25) is 5.02 Å². The Morgan fingerprint density at radius 2 is 1.69 bits per heavy atom. The molecule has 0 aliphatic heterocycles. The number of nitrogens with zero attached hydrogens (tertiary/aromatic N) is 3. The van der Waals surface area contributed by atoms with E-state index in [4.69, 9.17) is 21.3 Å². The van der Waals surface area contributed by atoms with Gasteiger partial charge in [0.1, 0.15) is 24.0 Å². The fourth-order valence-corrected chi connectivity index (χ4v) is 7.79. The van der Waals surface area contributed by atoms with Gasteiger partial charge in [0.05, 0.1) is 33.6 Å². The maximum atomic E-state index is 16.0. The Bertz CT molecular complexity index is 2080. The maximum absolute atomic E-state index is 16.0. The molecule has 0 saturated heterocycles. The Kier molecular flexibility index (Phi) is 11.2. The molecule has 0 unspecified atom stereocenters. The zero-order chi connectivity index (χ0) is 34.0. The van der Waals surface area contributed by atoms with Crippen molar-refractivity contribution in [3.63, 3.8) is 0 Å². The normalized spacial score (nSPS) is 13.6. The summed E-state index contributed by atoms with van der Waals surface area (Å²) in [6.07, 6.45) is 5.14.